The van der Waals surface area contributed by atoms with Crippen molar-refractivity contribution in [2.75, 3.05) is 13.7 Å². The zero-order valence-corrected chi connectivity index (χ0v) is 16.6. The van der Waals surface area contributed by atoms with Crippen molar-refractivity contribution in [3.05, 3.63) is 75.8 Å². The molecule has 16 heteroatoms. The van der Waals surface area contributed by atoms with Gasteiger partial charge in [-0.1, -0.05) is 0 Å². The summed E-state index contributed by atoms with van der Waals surface area (Å²) in [6.07, 6.45) is -0.208. The summed E-state index contributed by atoms with van der Waals surface area (Å²) in [5, 5.41) is 46.0. The van der Waals surface area contributed by atoms with Crippen LogP contribution in [0, 0.1) is 40.5 Å². The van der Waals surface area contributed by atoms with Crippen LogP contribution in [0.3, 0.4) is 0 Å². The number of rotatable bonds is 9. The lowest BCUT2D eigenvalue weighted by atomic mass is 10.0. The molecule has 2 aromatic rings. The van der Waals surface area contributed by atoms with Gasteiger partial charge in [0.1, 0.15) is 0 Å². The molecule has 33 heavy (non-hydrogen) atoms. The highest BCUT2D eigenvalue weighted by Crippen LogP contribution is 2.53. The number of nitrogens with zero attached hydrogens (tertiary/aromatic N) is 4. The molecule has 0 saturated carbocycles. The fourth-order valence-corrected chi connectivity index (χ4v) is 3.44. The quantitative estimate of drug-likeness (QED) is 0.245. The van der Waals surface area contributed by atoms with Crippen LogP contribution in [0.2, 0.25) is 0 Å². The lowest BCUT2D eigenvalue weighted by Crippen LogP contribution is -2.23. The molecule has 0 spiro atoms. The molecule has 0 aliphatic heterocycles. The number of esters is 1. The largest absolute Gasteiger partial charge is 0.469 e. The van der Waals surface area contributed by atoms with Gasteiger partial charge >= 0.3 is 5.97 Å². The minimum atomic E-state index is -1.29. The normalized spacial score (nSPS) is 12.0. The smallest absolute Gasteiger partial charge is 0.307 e. The van der Waals surface area contributed by atoms with Gasteiger partial charge in [-0.3, -0.25) is 45.3 Å². The Kier molecular flexibility index (Phi) is 6.22. The van der Waals surface area contributed by atoms with E-state index in [1.54, 1.807) is 0 Å². The molecule has 0 bridgehead atoms. The maximum atomic E-state index is 11.7. The molecule has 1 aliphatic rings. The summed E-state index contributed by atoms with van der Waals surface area (Å²) in [6, 6.07) is 1.92. The molecule has 0 saturated heterocycles. The van der Waals surface area contributed by atoms with E-state index in [9.17, 15) is 45.3 Å². The van der Waals surface area contributed by atoms with Gasteiger partial charge in [-0.2, -0.15) is 5.48 Å². The zero-order valence-electron chi connectivity index (χ0n) is 16.6. The van der Waals surface area contributed by atoms with Crippen LogP contribution in [0.25, 0.3) is 11.1 Å². The summed E-state index contributed by atoms with van der Waals surface area (Å²) in [5.41, 5.74) is -1.38. The molecule has 0 aromatic heterocycles. The molecule has 0 fully saturated rings. The van der Waals surface area contributed by atoms with Crippen molar-refractivity contribution >= 4 is 28.7 Å². The predicted molar refractivity (Wildman–Crippen MR) is 106 cm³/mol. The van der Waals surface area contributed by atoms with Gasteiger partial charge in [0.05, 0.1) is 69.1 Å². The summed E-state index contributed by atoms with van der Waals surface area (Å²) in [4.78, 5) is 58.8. The van der Waals surface area contributed by atoms with Crippen LogP contribution in [0.15, 0.2) is 24.3 Å². The summed E-state index contributed by atoms with van der Waals surface area (Å²) in [5.74, 6) is -0.624. The zero-order chi connectivity index (χ0) is 24.4. The van der Waals surface area contributed by atoms with Gasteiger partial charge in [0.15, 0.2) is 0 Å². The summed E-state index contributed by atoms with van der Waals surface area (Å²) < 4.78 is 4.46. The third kappa shape index (κ3) is 4.27. The monoisotopic (exact) mass is 463 g/mol. The van der Waals surface area contributed by atoms with Crippen molar-refractivity contribution in [1.29, 1.82) is 0 Å². The molecular weight excluding hydrogens is 450 g/mol. The van der Waals surface area contributed by atoms with E-state index in [0.717, 1.165) is 19.2 Å². The number of fused-ring (bicyclic) bond motifs is 3. The number of hydrogen-bond acceptors (Lipinski definition) is 12. The number of benzene rings is 2. The molecule has 1 aliphatic carbocycles. The lowest BCUT2D eigenvalue weighted by Gasteiger charge is -2.15. The van der Waals surface area contributed by atoms with Gasteiger partial charge in [0, 0.05) is 12.1 Å². The van der Waals surface area contributed by atoms with Crippen molar-refractivity contribution in [2.45, 2.75) is 12.5 Å². The average molecular weight is 463 g/mol. The Bertz CT molecular complexity index is 1130. The average Bonchev–Trinajstić information content (AvgIpc) is 3.08. The van der Waals surface area contributed by atoms with Gasteiger partial charge in [-0.25, -0.2) is 0 Å². The summed E-state index contributed by atoms with van der Waals surface area (Å²) in [7, 11) is 1.15. The Morgan fingerprint density at radius 2 is 1.30 bits per heavy atom. The fourth-order valence-electron chi connectivity index (χ4n) is 3.44. The Balaban J connectivity index is 2.25. The number of methoxy groups -OCH3 is 1. The second-order valence-electron chi connectivity index (χ2n) is 6.61. The first kappa shape index (κ1) is 23.1. The third-order valence-corrected chi connectivity index (χ3v) is 4.79. The molecule has 1 N–H and O–H groups in total. The van der Waals surface area contributed by atoms with E-state index < -0.39 is 54.5 Å². The first-order valence-corrected chi connectivity index (χ1v) is 8.94. The van der Waals surface area contributed by atoms with Gasteiger partial charge < -0.3 is 9.57 Å². The third-order valence-electron chi connectivity index (χ3n) is 4.79. The molecule has 0 radical (unpaired) electrons. The van der Waals surface area contributed by atoms with E-state index in [0.29, 0.717) is 12.1 Å². The highest BCUT2D eigenvalue weighted by molar-refractivity contribution is 5.92. The number of nitrogens with one attached hydrogen (secondary N) is 1. The van der Waals surface area contributed by atoms with Crippen molar-refractivity contribution in [1.82, 2.24) is 5.48 Å². The van der Waals surface area contributed by atoms with Crippen LogP contribution in [-0.2, 0) is 14.4 Å². The van der Waals surface area contributed by atoms with E-state index >= 15 is 0 Å². The number of non-ortho nitro benzene ring substituents is 2. The molecule has 172 valence electrons. The number of ether oxygens (including phenoxy) is 1. The maximum absolute atomic E-state index is 11.7. The molecular formula is C17H13N5O11. The van der Waals surface area contributed by atoms with E-state index in [2.05, 4.69) is 10.2 Å². The Labute approximate surface area is 182 Å². The number of carbonyl (C=O) groups excluding carboxylic acids is 1. The lowest BCUT2D eigenvalue weighted by molar-refractivity contribution is -0.395. The predicted octanol–water partition coefficient (Wildman–Crippen LogP) is 2.47. The van der Waals surface area contributed by atoms with Crippen LogP contribution in [0.4, 0.5) is 22.7 Å². The van der Waals surface area contributed by atoms with Crippen LogP contribution in [0.5, 0.6) is 0 Å². The molecule has 2 aromatic carbocycles. The van der Waals surface area contributed by atoms with Crippen LogP contribution in [-0.4, -0.2) is 39.4 Å². The highest BCUT2D eigenvalue weighted by atomic mass is 16.7. The number of hydrogen-bond donors (Lipinski definition) is 1. The van der Waals surface area contributed by atoms with Gasteiger partial charge in [-0.15, -0.1) is 0 Å². The molecule has 16 nitrogen and oxygen atoms in total. The standard InChI is InChI=1S/C17H13N5O11/c1-32-14(23)2-3-33-18-17-10-4-8(19(24)25)6-12(21(28)29)15(10)16-11(17)5-9(20(26)27)7-13(16)22(30)31/h4-7,17-18H,2-3H2,1H3. The summed E-state index contributed by atoms with van der Waals surface area (Å²) in [6.45, 7) is -0.262. The Morgan fingerprint density at radius 1 is 0.848 bits per heavy atom. The van der Waals surface area contributed by atoms with E-state index in [-0.39, 0.29) is 35.3 Å². The highest BCUT2D eigenvalue weighted by Gasteiger charge is 2.43. The van der Waals surface area contributed by atoms with E-state index in [1.165, 1.54) is 0 Å². The first-order valence-electron chi connectivity index (χ1n) is 8.94. The van der Waals surface area contributed by atoms with Crippen molar-refractivity contribution in [2.24, 2.45) is 0 Å². The number of nitro benzene ring substituents is 4. The van der Waals surface area contributed by atoms with E-state index in [1.807, 2.05) is 0 Å². The van der Waals surface area contributed by atoms with Crippen LogP contribution in [0.1, 0.15) is 23.6 Å². The van der Waals surface area contributed by atoms with Crippen molar-refractivity contribution < 1.29 is 34.1 Å². The van der Waals surface area contributed by atoms with Crippen molar-refractivity contribution in [3.8, 4) is 11.1 Å². The molecule has 0 unspecified atom stereocenters. The number of nitro groups is 4. The minimum Gasteiger partial charge on any atom is -0.469 e. The van der Waals surface area contributed by atoms with Crippen LogP contribution >= 0.6 is 0 Å². The van der Waals surface area contributed by atoms with Crippen molar-refractivity contribution in [3.63, 3.8) is 0 Å². The Morgan fingerprint density at radius 3 is 1.67 bits per heavy atom. The molecule has 0 amide bonds. The summed E-state index contributed by atoms with van der Waals surface area (Å²) >= 11 is 0. The second-order valence-corrected chi connectivity index (χ2v) is 6.61. The Hall–Kier alpha value is -4.57. The fraction of sp³-hybridized carbons (Fsp3) is 0.235. The SMILES string of the molecule is COC(=O)CCONC1c2cc([N+](=O)[O-])cc([N+](=O)[O-])c2-c2c1cc([N+](=O)[O-])cc2[N+](=O)[O-]. The van der Waals surface area contributed by atoms with Crippen LogP contribution < -0.4 is 5.48 Å². The maximum Gasteiger partial charge on any atom is 0.307 e. The van der Waals surface area contributed by atoms with Gasteiger partial charge in [0.2, 0.25) is 0 Å². The number of hydroxylamine groups is 1. The van der Waals surface area contributed by atoms with Gasteiger partial charge in [-0.05, 0) is 11.1 Å². The minimum absolute atomic E-state index is 0.132. The molecule has 3 rings (SSSR count). The number of carbonyl (C=O) groups is 1. The topological polar surface area (TPSA) is 220 Å². The first-order chi connectivity index (χ1) is 15.6. The second kappa shape index (κ2) is 8.89. The van der Waals surface area contributed by atoms with Gasteiger partial charge in [0.25, 0.3) is 22.7 Å². The molecule has 0 heterocycles. The van der Waals surface area contributed by atoms with E-state index in [4.69, 9.17) is 4.84 Å². The molecule has 0 atom stereocenters.